The fraction of sp³-hybridized carbons (Fsp3) is 0.143. The summed E-state index contributed by atoms with van der Waals surface area (Å²) in [6.07, 6.45) is 0. The molecule has 0 amide bonds. The van der Waals surface area contributed by atoms with Gasteiger partial charge in [-0.25, -0.2) is 14.4 Å². The van der Waals surface area contributed by atoms with Gasteiger partial charge in [0.25, 0.3) is 0 Å². The monoisotopic (exact) mass is 395 g/mol. The van der Waals surface area contributed by atoms with Gasteiger partial charge in [-0.15, -0.1) is 11.3 Å². The number of rotatable bonds is 6. The molecule has 0 fully saturated rings. The van der Waals surface area contributed by atoms with E-state index in [1.807, 2.05) is 30.3 Å². The van der Waals surface area contributed by atoms with E-state index in [1.165, 1.54) is 12.1 Å². The second-order valence-electron chi connectivity index (χ2n) is 6.26. The molecule has 0 saturated carbocycles. The second kappa shape index (κ2) is 7.92. The Labute approximate surface area is 165 Å². The van der Waals surface area contributed by atoms with Gasteiger partial charge in [-0.1, -0.05) is 36.4 Å². The number of hydrogen-bond donors (Lipinski definition) is 2. The molecule has 0 spiro atoms. The number of hydrogen-bond acceptors (Lipinski definition) is 6. The van der Waals surface area contributed by atoms with Crippen molar-refractivity contribution in [2.24, 2.45) is 0 Å². The predicted molar refractivity (Wildman–Crippen MR) is 109 cm³/mol. The van der Waals surface area contributed by atoms with Crippen LogP contribution in [0.5, 0.6) is 5.75 Å². The number of phenolic OH excluding ortho intramolecular Hbond substituents is 1. The van der Waals surface area contributed by atoms with Crippen LogP contribution in [-0.2, 0) is 17.9 Å². The first kappa shape index (κ1) is 18.3. The minimum absolute atomic E-state index is 0.303. The van der Waals surface area contributed by atoms with Crippen LogP contribution in [0.1, 0.15) is 11.4 Å². The summed E-state index contributed by atoms with van der Waals surface area (Å²) in [4.78, 5) is 10.1. The molecule has 0 aliphatic carbocycles. The molecule has 0 unspecified atom stereocenters. The third-order valence-electron chi connectivity index (χ3n) is 4.31. The van der Waals surface area contributed by atoms with Gasteiger partial charge in [-0.3, -0.25) is 0 Å². The number of thiophene rings is 1. The summed E-state index contributed by atoms with van der Waals surface area (Å²) in [7, 11) is 1.60. The van der Waals surface area contributed by atoms with Crippen LogP contribution in [0, 0.1) is 5.82 Å². The van der Waals surface area contributed by atoms with Crippen molar-refractivity contribution in [1.82, 2.24) is 9.97 Å². The molecular weight excluding hydrogens is 377 g/mol. The fourth-order valence-corrected chi connectivity index (χ4v) is 3.95. The van der Waals surface area contributed by atoms with Crippen molar-refractivity contribution in [2.75, 3.05) is 12.4 Å². The zero-order valence-corrected chi connectivity index (χ0v) is 16.0. The van der Waals surface area contributed by atoms with Crippen LogP contribution in [0.15, 0.2) is 53.9 Å². The van der Waals surface area contributed by atoms with Gasteiger partial charge in [0, 0.05) is 24.6 Å². The molecule has 0 aliphatic heterocycles. The van der Waals surface area contributed by atoms with E-state index in [-0.39, 0.29) is 5.75 Å². The fourth-order valence-electron chi connectivity index (χ4n) is 2.98. The maximum Gasteiger partial charge on any atom is 0.165 e. The lowest BCUT2D eigenvalue weighted by atomic mass is 10.1. The van der Waals surface area contributed by atoms with Crippen molar-refractivity contribution in [3.8, 4) is 16.9 Å². The molecule has 4 aromatic rings. The number of anilines is 1. The predicted octanol–water partition coefficient (Wildman–Crippen LogP) is 4.96. The van der Waals surface area contributed by atoms with E-state index in [1.54, 1.807) is 24.5 Å². The average molecular weight is 395 g/mol. The highest BCUT2D eigenvalue weighted by Crippen LogP contribution is 2.37. The average Bonchev–Trinajstić information content (AvgIpc) is 3.14. The molecule has 2 N–H and O–H groups in total. The van der Waals surface area contributed by atoms with Crippen LogP contribution in [0.25, 0.3) is 21.3 Å². The number of nitrogens with zero attached hydrogens (tertiary/aromatic N) is 2. The molecule has 142 valence electrons. The molecule has 0 atom stereocenters. The van der Waals surface area contributed by atoms with Crippen molar-refractivity contribution in [1.29, 1.82) is 0 Å². The molecule has 0 radical (unpaired) electrons. The number of aromatic nitrogens is 2. The third kappa shape index (κ3) is 3.67. The number of nitrogens with one attached hydrogen (secondary N) is 1. The van der Waals surface area contributed by atoms with Gasteiger partial charge >= 0.3 is 0 Å². The van der Waals surface area contributed by atoms with Crippen LogP contribution in [-0.4, -0.2) is 22.2 Å². The van der Waals surface area contributed by atoms with Gasteiger partial charge in [-0.2, -0.15) is 0 Å². The van der Waals surface area contributed by atoms with Crippen molar-refractivity contribution >= 4 is 27.4 Å². The van der Waals surface area contributed by atoms with E-state index in [4.69, 9.17) is 4.74 Å². The largest absolute Gasteiger partial charge is 0.505 e. The molecule has 5 nitrogen and oxygen atoms in total. The van der Waals surface area contributed by atoms with Crippen LogP contribution >= 0.6 is 11.3 Å². The molecule has 28 heavy (non-hydrogen) atoms. The first-order chi connectivity index (χ1) is 13.7. The number of phenols is 1. The molecule has 2 aromatic heterocycles. The molecule has 2 heterocycles. The van der Waals surface area contributed by atoms with E-state index < -0.39 is 5.82 Å². The normalized spacial score (nSPS) is 11.1. The first-order valence-corrected chi connectivity index (χ1v) is 9.57. The van der Waals surface area contributed by atoms with Gasteiger partial charge in [0.1, 0.15) is 17.3 Å². The summed E-state index contributed by atoms with van der Waals surface area (Å²) < 4.78 is 18.8. The van der Waals surface area contributed by atoms with Gasteiger partial charge in [0.15, 0.2) is 17.4 Å². The lowest BCUT2D eigenvalue weighted by Gasteiger charge is -2.11. The summed E-state index contributed by atoms with van der Waals surface area (Å²) in [5.74, 6) is 0.244. The summed E-state index contributed by atoms with van der Waals surface area (Å²) in [6.45, 7) is 0.664. The number of halogens is 1. The zero-order valence-electron chi connectivity index (χ0n) is 15.1. The van der Waals surface area contributed by atoms with E-state index >= 15 is 0 Å². The van der Waals surface area contributed by atoms with E-state index in [9.17, 15) is 9.50 Å². The first-order valence-electron chi connectivity index (χ1n) is 8.69. The maximum absolute atomic E-state index is 13.6. The Balaban J connectivity index is 1.75. The topological polar surface area (TPSA) is 67.3 Å². The molecule has 2 aromatic carbocycles. The highest BCUT2D eigenvalue weighted by atomic mass is 32.1. The number of aromatic hydroxyl groups is 1. The quantitative estimate of drug-likeness (QED) is 0.483. The number of methoxy groups -OCH3 is 1. The maximum atomic E-state index is 13.6. The van der Waals surface area contributed by atoms with Crippen molar-refractivity contribution in [3.05, 3.63) is 71.1 Å². The van der Waals surface area contributed by atoms with Crippen LogP contribution in [0.4, 0.5) is 10.2 Å². The van der Waals surface area contributed by atoms with E-state index in [0.29, 0.717) is 30.4 Å². The summed E-state index contributed by atoms with van der Waals surface area (Å²) in [5, 5.41) is 15.7. The van der Waals surface area contributed by atoms with Crippen LogP contribution < -0.4 is 5.32 Å². The van der Waals surface area contributed by atoms with Gasteiger partial charge < -0.3 is 15.2 Å². The number of fused-ring (bicyclic) bond motifs is 1. The molecule has 0 bridgehead atoms. The Hall–Kier alpha value is -3.03. The standard InChI is InChI=1S/C21H18FN3O2S/c1-27-11-18-24-20(23-10-13-7-8-17(26)16(22)9-13)19-15(12-28-21(19)25-18)14-5-3-2-4-6-14/h2-9,12,26H,10-11H2,1H3,(H,23,24,25). The Morgan fingerprint density at radius 3 is 2.71 bits per heavy atom. The molecular formula is C21H18FN3O2S. The van der Waals surface area contributed by atoms with Crippen LogP contribution in [0.2, 0.25) is 0 Å². The minimum Gasteiger partial charge on any atom is -0.505 e. The van der Waals surface area contributed by atoms with Crippen molar-refractivity contribution in [2.45, 2.75) is 13.2 Å². The van der Waals surface area contributed by atoms with E-state index in [0.717, 1.165) is 21.3 Å². The highest BCUT2D eigenvalue weighted by molar-refractivity contribution is 7.17. The lowest BCUT2D eigenvalue weighted by molar-refractivity contribution is 0.178. The number of ether oxygens (including phenoxy) is 1. The minimum atomic E-state index is -0.646. The Bertz CT molecular complexity index is 1120. The third-order valence-corrected chi connectivity index (χ3v) is 5.18. The van der Waals surface area contributed by atoms with E-state index in [2.05, 4.69) is 20.7 Å². The molecule has 4 rings (SSSR count). The van der Waals surface area contributed by atoms with Gasteiger partial charge in [0.05, 0.1) is 5.39 Å². The number of benzene rings is 2. The SMILES string of the molecule is COCc1nc(NCc2ccc(O)c(F)c2)c2c(-c3ccccc3)csc2n1. The van der Waals surface area contributed by atoms with Crippen LogP contribution in [0.3, 0.4) is 0 Å². The zero-order chi connectivity index (χ0) is 19.5. The summed E-state index contributed by atoms with van der Waals surface area (Å²) in [6, 6.07) is 14.4. The Morgan fingerprint density at radius 1 is 1.14 bits per heavy atom. The van der Waals surface area contributed by atoms with Crippen molar-refractivity contribution < 1.29 is 14.2 Å². The summed E-state index contributed by atoms with van der Waals surface area (Å²) >= 11 is 1.55. The second-order valence-corrected chi connectivity index (χ2v) is 7.11. The smallest absolute Gasteiger partial charge is 0.165 e. The molecule has 0 aliphatic rings. The van der Waals surface area contributed by atoms with Crippen molar-refractivity contribution in [3.63, 3.8) is 0 Å². The van der Waals surface area contributed by atoms with Gasteiger partial charge in [-0.05, 0) is 23.3 Å². The summed E-state index contributed by atoms with van der Waals surface area (Å²) in [5.41, 5.74) is 2.83. The Kier molecular flexibility index (Phi) is 5.18. The molecule has 7 heteroatoms. The Morgan fingerprint density at radius 2 is 1.96 bits per heavy atom. The highest BCUT2D eigenvalue weighted by Gasteiger charge is 2.15. The molecule has 0 saturated heterocycles. The van der Waals surface area contributed by atoms with Gasteiger partial charge in [0.2, 0.25) is 0 Å². The lowest BCUT2D eigenvalue weighted by Crippen LogP contribution is -2.06.